The fourth-order valence-corrected chi connectivity index (χ4v) is 5.44. The molecular weight excluding hydrogens is 370 g/mol. The summed E-state index contributed by atoms with van der Waals surface area (Å²) in [6.07, 6.45) is 0.719. The maximum absolute atomic E-state index is 13.0. The Morgan fingerprint density at radius 2 is 1.96 bits per heavy atom. The van der Waals surface area contributed by atoms with Gasteiger partial charge < -0.3 is 10.2 Å². The Bertz CT molecular complexity index is 870. The van der Waals surface area contributed by atoms with Crippen LogP contribution in [0.2, 0.25) is 0 Å². The average molecular weight is 393 g/mol. The summed E-state index contributed by atoms with van der Waals surface area (Å²) in [6, 6.07) is 7.88. The highest BCUT2D eigenvalue weighted by Crippen LogP contribution is 2.32. The molecule has 2 aliphatic rings. The lowest BCUT2D eigenvalue weighted by Crippen LogP contribution is -2.47. The molecule has 0 unspecified atom stereocenters. The zero-order chi connectivity index (χ0) is 19.8. The Balaban J connectivity index is 1.77. The number of nitrogens with zero attached hydrogens (tertiary/aromatic N) is 2. The van der Waals surface area contributed by atoms with Gasteiger partial charge in [0.1, 0.15) is 12.1 Å². The van der Waals surface area contributed by atoms with Crippen molar-refractivity contribution in [1.82, 2.24) is 15.1 Å². The number of carbonyl (C=O) groups excluding carboxylic acids is 3. The van der Waals surface area contributed by atoms with E-state index >= 15 is 0 Å². The first-order valence-electron chi connectivity index (χ1n) is 8.86. The highest BCUT2D eigenvalue weighted by molar-refractivity contribution is 7.91. The molecule has 2 saturated heterocycles. The van der Waals surface area contributed by atoms with Gasteiger partial charge in [0.15, 0.2) is 9.84 Å². The first-order chi connectivity index (χ1) is 12.7. The summed E-state index contributed by atoms with van der Waals surface area (Å²) in [5, 5.41) is 2.73. The van der Waals surface area contributed by atoms with Crippen molar-refractivity contribution in [3.8, 4) is 0 Å². The molecule has 2 atom stereocenters. The van der Waals surface area contributed by atoms with Crippen LogP contribution in [0.15, 0.2) is 30.3 Å². The molecule has 2 fully saturated rings. The number of carbonyl (C=O) groups is 3. The van der Waals surface area contributed by atoms with Crippen molar-refractivity contribution in [3.63, 3.8) is 0 Å². The van der Waals surface area contributed by atoms with Crippen LogP contribution in [-0.2, 0) is 25.0 Å². The number of sulfone groups is 1. The summed E-state index contributed by atoms with van der Waals surface area (Å²) in [5.74, 6) is -0.966. The molecule has 1 aromatic rings. The smallest absolute Gasteiger partial charge is 0.325 e. The molecule has 1 N–H and O–H groups in total. The van der Waals surface area contributed by atoms with Gasteiger partial charge in [-0.3, -0.25) is 14.5 Å². The summed E-state index contributed by atoms with van der Waals surface area (Å²) in [6.45, 7) is 1.39. The Labute approximate surface area is 158 Å². The van der Waals surface area contributed by atoms with Crippen molar-refractivity contribution in [2.75, 3.05) is 25.1 Å². The number of nitrogens with one attached hydrogen (secondary N) is 1. The summed E-state index contributed by atoms with van der Waals surface area (Å²) in [5.41, 5.74) is -0.524. The van der Waals surface area contributed by atoms with Crippen LogP contribution in [0, 0.1) is 0 Å². The van der Waals surface area contributed by atoms with Gasteiger partial charge in [-0.2, -0.15) is 0 Å². The molecule has 2 heterocycles. The topological polar surface area (TPSA) is 104 Å². The number of hydrogen-bond acceptors (Lipinski definition) is 5. The second kappa shape index (κ2) is 6.95. The highest BCUT2D eigenvalue weighted by atomic mass is 32.2. The van der Waals surface area contributed by atoms with Crippen LogP contribution in [0.25, 0.3) is 0 Å². The van der Waals surface area contributed by atoms with E-state index in [-0.39, 0.29) is 11.5 Å². The number of urea groups is 1. The van der Waals surface area contributed by atoms with Gasteiger partial charge in [0.25, 0.3) is 5.91 Å². The van der Waals surface area contributed by atoms with Crippen LogP contribution in [0.1, 0.15) is 25.3 Å². The summed E-state index contributed by atoms with van der Waals surface area (Å²) < 4.78 is 23.3. The normalized spacial score (nSPS) is 26.9. The Morgan fingerprint density at radius 3 is 2.52 bits per heavy atom. The van der Waals surface area contributed by atoms with Crippen molar-refractivity contribution in [3.05, 3.63) is 35.9 Å². The third-order valence-electron chi connectivity index (χ3n) is 5.42. The predicted octanol–water partition coefficient (Wildman–Crippen LogP) is 0.489. The summed E-state index contributed by atoms with van der Waals surface area (Å²) in [4.78, 5) is 40.3. The van der Waals surface area contributed by atoms with E-state index in [2.05, 4.69) is 5.32 Å². The molecule has 146 valence electrons. The van der Waals surface area contributed by atoms with E-state index in [1.165, 1.54) is 11.9 Å². The van der Waals surface area contributed by atoms with Crippen LogP contribution >= 0.6 is 0 Å². The fraction of sp³-hybridized carbons (Fsp3) is 0.500. The lowest BCUT2D eigenvalue weighted by Gasteiger charge is -2.27. The van der Waals surface area contributed by atoms with Gasteiger partial charge in [-0.25, -0.2) is 13.2 Å². The van der Waals surface area contributed by atoms with Gasteiger partial charge >= 0.3 is 6.03 Å². The van der Waals surface area contributed by atoms with E-state index in [4.69, 9.17) is 0 Å². The number of likely N-dealkylation sites (N-methyl/N-ethyl adjacent to an activating group) is 1. The number of amides is 4. The minimum atomic E-state index is -3.14. The van der Waals surface area contributed by atoms with Crippen LogP contribution < -0.4 is 5.32 Å². The molecule has 0 radical (unpaired) electrons. The minimum absolute atomic E-state index is 0.0470. The third kappa shape index (κ3) is 3.43. The third-order valence-corrected chi connectivity index (χ3v) is 7.17. The molecule has 9 heteroatoms. The van der Waals surface area contributed by atoms with Crippen molar-refractivity contribution in [1.29, 1.82) is 0 Å². The fourth-order valence-electron chi connectivity index (χ4n) is 3.66. The second-order valence-electron chi connectivity index (χ2n) is 7.01. The van der Waals surface area contributed by atoms with Gasteiger partial charge in [0, 0.05) is 13.1 Å². The monoisotopic (exact) mass is 393 g/mol. The quantitative estimate of drug-likeness (QED) is 0.733. The number of imide groups is 1. The molecule has 3 rings (SSSR count). The Hall–Kier alpha value is -2.42. The van der Waals surface area contributed by atoms with Gasteiger partial charge in [-0.1, -0.05) is 37.3 Å². The number of rotatable bonds is 5. The van der Waals surface area contributed by atoms with Crippen molar-refractivity contribution >= 4 is 27.7 Å². The lowest BCUT2D eigenvalue weighted by atomic mass is 9.87. The average Bonchev–Trinajstić information content (AvgIpc) is 3.13. The second-order valence-corrected chi connectivity index (χ2v) is 9.24. The largest absolute Gasteiger partial charge is 0.340 e. The van der Waals surface area contributed by atoms with Crippen LogP contribution in [0.3, 0.4) is 0 Å². The van der Waals surface area contributed by atoms with Crippen LogP contribution in [0.5, 0.6) is 0 Å². The number of benzene rings is 1. The standard InChI is InChI=1S/C18H23N3O5S/c1-3-18(13-7-5-4-6-8-13)16(23)21(17(24)19-18)11-15(22)20(2)14-9-10-27(25,26)12-14/h4-8,14H,3,9-12H2,1-2H3,(H,19,24)/t14-,18-/m1/s1. The molecule has 0 bridgehead atoms. The highest BCUT2D eigenvalue weighted by Gasteiger charge is 2.51. The van der Waals surface area contributed by atoms with Gasteiger partial charge in [0.2, 0.25) is 5.91 Å². The van der Waals surface area contributed by atoms with Crippen molar-refractivity contribution in [2.45, 2.75) is 31.3 Å². The molecule has 1 aromatic carbocycles. The Morgan fingerprint density at radius 1 is 1.30 bits per heavy atom. The minimum Gasteiger partial charge on any atom is -0.340 e. The van der Waals surface area contributed by atoms with Crippen molar-refractivity contribution < 1.29 is 22.8 Å². The van der Waals surface area contributed by atoms with E-state index in [0.717, 1.165) is 4.90 Å². The van der Waals surface area contributed by atoms with Crippen molar-refractivity contribution in [2.24, 2.45) is 0 Å². The molecule has 0 spiro atoms. The zero-order valence-corrected chi connectivity index (χ0v) is 16.2. The van der Waals surface area contributed by atoms with E-state index in [0.29, 0.717) is 18.4 Å². The molecule has 2 aliphatic heterocycles. The van der Waals surface area contributed by atoms with E-state index in [1.54, 1.807) is 31.2 Å². The lowest BCUT2D eigenvalue weighted by molar-refractivity contribution is -0.139. The molecule has 27 heavy (non-hydrogen) atoms. The molecule has 0 aromatic heterocycles. The molecule has 0 saturated carbocycles. The SMILES string of the molecule is CC[C@]1(c2ccccc2)NC(=O)N(CC(=O)N(C)[C@@H]2CCS(=O)(=O)C2)C1=O. The van der Waals surface area contributed by atoms with E-state index in [1.807, 2.05) is 6.07 Å². The first kappa shape index (κ1) is 19.3. The number of hydrogen-bond donors (Lipinski definition) is 1. The van der Waals surface area contributed by atoms with Gasteiger partial charge in [-0.05, 0) is 18.4 Å². The van der Waals surface area contributed by atoms with Crippen LogP contribution in [-0.4, -0.2) is 67.2 Å². The molecular formula is C18H23N3O5S. The van der Waals surface area contributed by atoms with E-state index in [9.17, 15) is 22.8 Å². The zero-order valence-electron chi connectivity index (χ0n) is 15.3. The van der Waals surface area contributed by atoms with Gasteiger partial charge in [0.05, 0.1) is 11.5 Å². The maximum Gasteiger partial charge on any atom is 0.325 e. The summed E-state index contributed by atoms with van der Waals surface area (Å²) in [7, 11) is -1.62. The van der Waals surface area contributed by atoms with E-state index < -0.39 is 45.8 Å². The maximum atomic E-state index is 13.0. The molecule has 0 aliphatic carbocycles. The van der Waals surface area contributed by atoms with Crippen LogP contribution in [0.4, 0.5) is 4.79 Å². The predicted molar refractivity (Wildman–Crippen MR) is 98.5 cm³/mol. The Kier molecular flexibility index (Phi) is 4.98. The van der Waals surface area contributed by atoms with Gasteiger partial charge in [-0.15, -0.1) is 0 Å². The summed E-state index contributed by atoms with van der Waals surface area (Å²) >= 11 is 0. The molecule has 8 nitrogen and oxygen atoms in total. The first-order valence-corrected chi connectivity index (χ1v) is 10.7. The molecule has 4 amide bonds.